The van der Waals surface area contributed by atoms with Crippen molar-refractivity contribution in [2.24, 2.45) is 0 Å². The highest BCUT2D eigenvalue weighted by Gasteiger charge is 2.10. The second kappa shape index (κ2) is 8.22. The molecule has 6 heteroatoms. The molecule has 1 rings (SSSR count). The monoisotopic (exact) mass is 335 g/mol. The molecule has 1 unspecified atom stereocenters. The fourth-order valence-corrected chi connectivity index (χ4v) is 1.75. The van der Waals surface area contributed by atoms with Crippen LogP contribution in [-0.2, 0) is 9.53 Å². The van der Waals surface area contributed by atoms with Gasteiger partial charge in [-0.1, -0.05) is 28.1 Å². The Morgan fingerprint density at radius 3 is 2.58 bits per heavy atom. The zero-order valence-corrected chi connectivity index (χ0v) is 12.1. The van der Waals surface area contributed by atoms with Gasteiger partial charge in [0.15, 0.2) is 0 Å². The molecule has 0 aliphatic carbocycles. The van der Waals surface area contributed by atoms with Gasteiger partial charge in [-0.2, -0.15) is 0 Å². The maximum absolute atomic E-state index is 11.8. The fourth-order valence-electron chi connectivity index (χ4n) is 1.49. The topological polar surface area (TPSA) is 38.3 Å². The lowest BCUT2D eigenvalue weighted by Gasteiger charge is -2.14. The van der Waals surface area contributed by atoms with Gasteiger partial charge in [-0.3, -0.25) is 4.79 Å². The minimum Gasteiger partial charge on any atom is -0.375 e. The SMILES string of the molecule is CC(NC(=O)CCOCC(F)F)c1ccc(Br)cc1. The number of alkyl halides is 2. The second-order valence-corrected chi connectivity index (χ2v) is 4.97. The molecule has 0 bridgehead atoms. The molecule has 0 aliphatic rings. The summed E-state index contributed by atoms with van der Waals surface area (Å²) in [6.07, 6.45) is -2.42. The Morgan fingerprint density at radius 2 is 2.00 bits per heavy atom. The lowest BCUT2D eigenvalue weighted by atomic mass is 10.1. The number of benzene rings is 1. The van der Waals surface area contributed by atoms with Gasteiger partial charge in [0.1, 0.15) is 6.61 Å². The molecular weight excluding hydrogens is 320 g/mol. The van der Waals surface area contributed by atoms with Gasteiger partial charge < -0.3 is 10.1 Å². The highest BCUT2D eigenvalue weighted by molar-refractivity contribution is 9.10. The predicted octanol–water partition coefficient (Wildman–Crippen LogP) is 3.30. The Hall–Kier alpha value is -1.01. The maximum atomic E-state index is 11.8. The van der Waals surface area contributed by atoms with E-state index in [1.165, 1.54) is 0 Å². The van der Waals surface area contributed by atoms with Crippen LogP contribution in [0.25, 0.3) is 0 Å². The van der Waals surface area contributed by atoms with E-state index in [2.05, 4.69) is 26.0 Å². The molecule has 1 aromatic carbocycles. The van der Waals surface area contributed by atoms with Crippen molar-refractivity contribution in [1.29, 1.82) is 0 Å². The van der Waals surface area contributed by atoms with E-state index >= 15 is 0 Å². The zero-order valence-electron chi connectivity index (χ0n) is 10.5. The second-order valence-electron chi connectivity index (χ2n) is 4.06. The van der Waals surface area contributed by atoms with Crippen molar-refractivity contribution in [2.45, 2.75) is 25.8 Å². The van der Waals surface area contributed by atoms with E-state index in [4.69, 9.17) is 0 Å². The number of carbonyl (C=O) groups is 1. The van der Waals surface area contributed by atoms with Crippen LogP contribution in [0.15, 0.2) is 28.7 Å². The van der Waals surface area contributed by atoms with Gasteiger partial charge in [-0.05, 0) is 24.6 Å². The van der Waals surface area contributed by atoms with Crippen LogP contribution in [0.2, 0.25) is 0 Å². The molecule has 0 saturated carbocycles. The largest absolute Gasteiger partial charge is 0.375 e. The van der Waals surface area contributed by atoms with E-state index in [1.807, 2.05) is 31.2 Å². The smallest absolute Gasteiger partial charge is 0.261 e. The van der Waals surface area contributed by atoms with Gasteiger partial charge >= 0.3 is 0 Å². The molecule has 0 aromatic heterocycles. The van der Waals surface area contributed by atoms with Crippen LogP contribution in [0.4, 0.5) is 8.78 Å². The number of ether oxygens (including phenoxy) is 1. The molecule has 0 spiro atoms. The average Bonchev–Trinajstić information content (AvgIpc) is 2.35. The summed E-state index contributed by atoms with van der Waals surface area (Å²) in [5, 5.41) is 2.78. The molecule has 1 aromatic rings. The van der Waals surface area contributed by atoms with Crippen molar-refractivity contribution in [2.75, 3.05) is 13.2 Å². The van der Waals surface area contributed by atoms with Crippen molar-refractivity contribution in [3.63, 3.8) is 0 Å². The summed E-state index contributed by atoms with van der Waals surface area (Å²) in [6, 6.07) is 7.47. The van der Waals surface area contributed by atoms with Crippen molar-refractivity contribution in [1.82, 2.24) is 5.32 Å². The van der Waals surface area contributed by atoms with Crippen LogP contribution in [0, 0.1) is 0 Å². The van der Waals surface area contributed by atoms with Gasteiger partial charge in [0.2, 0.25) is 5.91 Å². The highest BCUT2D eigenvalue weighted by Crippen LogP contribution is 2.16. The predicted molar refractivity (Wildman–Crippen MR) is 72.1 cm³/mol. The molecule has 3 nitrogen and oxygen atoms in total. The first-order valence-corrected chi connectivity index (χ1v) is 6.69. The molecule has 1 N–H and O–H groups in total. The van der Waals surface area contributed by atoms with Gasteiger partial charge in [0.25, 0.3) is 6.43 Å². The number of rotatable bonds is 7. The first-order chi connectivity index (χ1) is 8.99. The molecule has 106 valence electrons. The average molecular weight is 336 g/mol. The number of nitrogens with one attached hydrogen (secondary N) is 1. The molecular formula is C13H16BrF2NO2. The Labute approximate surface area is 119 Å². The number of hydrogen-bond acceptors (Lipinski definition) is 2. The van der Waals surface area contributed by atoms with Gasteiger partial charge in [-0.15, -0.1) is 0 Å². The molecule has 0 heterocycles. The molecule has 1 atom stereocenters. The van der Waals surface area contributed by atoms with E-state index < -0.39 is 13.0 Å². The molecule has 0 aliphatic heterocycles. The third kappa shape index (κ3) is 6.63. The minimum atomic E-state index is -2.50. The summed E-state index contributed by atoms with van der Waals surface area (Å²) in [5.41, 5.74) is 0.977. The van der Waals surface area contributed by atoms with Crippen LogP contribution in [0.3, 0.4) is 0 Å². The van der Waals surface area contributed by atoms with Crippen LogP contribution in [0.5, 0.6) is 0 Å². The Balaban J connectivity index is 2.29. The number of amides is 1. The van der Waals surface area contributed by atoms with Crippen molar-refractivity contribution in [3.05, 3.63) is 34.3 Å². The Kier molecular flexibility index (Phi) is 6.94. The molecule has 1 amide bonds. The van der Waals surface area contributed by atoms with E-state index in [9.17, 15) is 13.6 Å². The van der Waals surface area contributed by atoms with E-state index in [0.717, 1.165) is 10.0 Å². The molecule has 0 saturated heterocycles. The summed E-state index contributed by atoms with van der Waals surface area (Å²) < 4.78 is 29.2. The fraction of sp³-hybridized carbons (Fsp3) is 0.462. The normalized spacial score (nSPS) is 12.5. The lowest BCUT2D eigenvalue weighted by Crippen LogP contribution is -2.27. The Morgan fingerprint density at radius 1 is 1.37 bits per heavy atom. The van der Waals surface area contributed by atoms with E-state index in [-0.39, 0.29) is 25.0 Å². The first-order valence-electron chi connectivity index (χ1n) is 5.89. The van der Waals surface area contributed by atoms with Gasteiger partial charge in [0, 0.05) is 10.9 Å². The van der Waals surface area contributed by atoms with Crippen LogP contribution >= 0.6 is 15.9 Å². The van der Waals surface area contributed by atoms with Crippen LogP contribution in [-0.4, -0.2) is 25.5 Å². The summed E-state index contributed by atoms with van der Waals surface area (Å²) >= 11 is 3.33. The quantitative estimate of drug-likeness (QED) is 0.776. The van der Waals surface area contributed by atoms with Crippen molar-refractivity contribution in [3.8, 4) is 0 Å². The first kappa shape index (κ1) is 16.0. The third-order valence-electron chi connectivity index (χ3n) is 2.46. The number of carbonyl (C=O) groups excluding carboxylic acids is 1. The van der Waals surface area contributed by atoms with Crippen molar-refractivity contribution >= 4 is 21.8 Å². The Bertz CT molecular complexity index is 398. The summed E-state index contributed by atoms with van der Waals surface area (Å²) in [4.78, 5) is 11.6. The number of hydrogen-bond donors (Lipinski definition) is 1. The summed E-state index contributed by atoms with van der Waals surface area (Å²) in [6.45, 7) is 1.24. The third-order valence-corrected chi connectivity index (χ3v) is 2.99. The van der Waals surface area contributed by atoms with Crippen LogP contribution in [0.1, 0.15) is 24.9 Å². The lowest BCUT2D eigenvalue weighted by molar-refractivity contribution is -0.123. The zero-order chi connectivity index (χ0) is 14.3. The summed E-state index contributed by atoms with van der Waals surface area (Å²) in [7, 11) is 0. The minimum absolute atomic E-state index is 0.00321. The highest BCUT2D eigenvalue weighted by atomic mass is 79.9. The van der Waals surface area contributed by atoms with Crippen molar-refractivity contribution < 1.29 is 18.3 Å². The molecule has 0 radical (unpaired) electrons. The van der Waals surface area contributed by atoms with E-state index in [0.29, 0.717) is 0 Å². The van der Waals surface area contributed by atoms with Gasteiger partial charge in [-0.25, -0.2) is 8.78 Å². The van der Waals surface area contributed by atoms with E-state index in [1.54, 1.807) is 0 Å². The standard InChI is InChI=1S/C13H16BrF2NO2/c1-9(10-2-4-11(14)5-3-10)17-13(18)6-7-19-8-12(15)16/h2-5,9,12H,6-8H2,1H3,(H,17,18). The van der Waals surface area contributed by atoms with Crippen LogP contribution < -0.4 is 5.32 Å². The van der Waals surface area contributed by atoms with Gasteiger partial charge in [0.05, 0.1) is 12.6 Å². The molecule has 0 fully saturated rings. The molecule has 19 heavy (non-hydrogen) atoms. The summed E-state index contributed by atoms with van der Waals surface area (Å²) in [5.74, 6) is -0.218. The number of halogens is 3. The maximum Gasteiger partial charge on any atom is 0.261 e.